The molecule has 1 aliphatic carbocycles. The van der Waals surface area contributed by atoms with E-state index in [4.69, 9.17) is 4.74 Å². The highest BCUT2D eigenvalue weighted by Crippen LogP contribution is 2.36. The van der Waals surface area contributed by atoms with Crippen LogP contribution >= 0.6 is 0 Å². The third-order valence-electron chi connectivity index (χ3n) is 4.10. The van der Waals surface area contributed by atoms with Gasteiger partial charge in [-0.1, -0.05) is 25.0 Å². The van der Waals surface area contributed by atoms with Crippen molar-refractivity contribution in [2.24, 2.45) is 0 Å². The standard InChI is InChI=1S/C18H25NO4S/c1-3-23-17-13-15(14-7-4-5-8-14)9-10-16(17)18(20)19-11-6-12-24(2,21)22/h6,9-10,12-14H,3-5,7-8,11H2,1-2H3,(H,19,20)/b12-6+. The molecule has 0 radical (unpaired) electrons. The van der Waals surface area contributed by atoms with E-state index >= 15 is 0 Å². The molecule has 0 atom stereocenters. The highest BCUT2D eigenvalue weighted by atomic mass is 32.2. The molecule has 0 heterocycles. The van der Waals surface area contributed by atoms with Gasteiger partial charge in [0.05, 0.1) is 12.2 Å². The van der Waals surface area contributed by atoms with E-state index in [1.807, 2.05) is 19.1 Å². The summed E-state index contributed by atoms with van der Waals surface area (Å²) in [6, 6.07) is 5.77. The predicted octanol–water partition coefficient (Wildman–Crippen LogP) is 3.03. The van der Waals surface area contributed by atoms with Crippen molar-refractivity contribution in [2.75, 3.05) is 19.4 Å². The zero-order valence-electron chi connectivity index (χ0n) is 14.2. The van der Waals surface area contributed by atoms with Crippen molar-refractivity contribution in [2.45, 2.75) is 38.5 Å². The zero-order chi connectivity index (χ0) is 17.6. The molecule has 0 unspecified atom stereocenters. The van der Waals surface area contributed by atoms with Crippen LogP contribution in [-0.4, -0.2) is 33.7 Å². The van der Waals surface area contributed by atoms with Crippen LogP contribution in [0.4, 0.5) is 0 Å². The Bertz CT molecular complexity index is 704. The Morgan fingerprint density at radius 1 is 1.33 bits per heavy atom. The van der Waals surface area contributed by atoms with Gasteiger partial charge in [0, 0.05) is 18.2 Å². The van der Waals surface area contributed by atoms with Gasteiger partial charge in [-0.2, -0.15) is 0 Å². The molecule has 1 saturated carbocycles. The number of hydrogen-bond donors (Lipinski definition) is 1. The molecule has 0 aliphatic heterocycles. The Labute approximate surface area is 144 Å². The van der Waals surface area contributed by atoms with E-state index in [9.17, 15) is 13.2 Å². The monoisotopic (exact) mass is 351 g/mol. The van der Waals surface area contributed by atoms with Crippen LogP contribution in [0, 0.1) is 0 Å². The van der Waals surface area contributed by atoms with Gasteiger partial charge in [-0.15, -0.1) is 0 Å². The molecule has 0 aromatic heterocycles. The minimum atomic E-state index is -3.18. The molecule has 1 aromatic rings. The van der Waals surface area contributed by atoms with Crippen LogP contribution in [0.1, 0.15) is 54.4 Å². The first-order valence-corrected chi connectivity index (χ1v) is 10.3. The lowest BCUT2D eigenvalue weighted by atomic mass is 9.96. The number of amides is 1. The minimum Gasteiger partial charge on any atom is -0.493 e. The molecule has 0 saturated heterocycles. The molecule has 2 rings (SSSR count). The number of sulfone groups is 1. The maximum atomic E-state index is 12.3. The average Bonchev–Trinajstić information content (AvgIpc) is 3.05. The van der Waals surface area contributed by atoms with E-state index in [2.05, 4.69) is 5.32 Å². The van der Waals surface area contributed by atoms with Crippen LogP contribution < -0.4 is 10.1 Å². The maximum Gasteiger partial charge on any atom is 0.255 e. The molecule has 1 aliphatic rings. The van der Waals surface area contributed by atoms with Crippen LogP contribution in [0.15, 0.2) is 29.7 Å². The van der Waals surface area contributed by atoms with Crippen molar-refractivity contribution in [3.8, 4) is 5.75 Å². The molecule has 24 heavy (non-hydrogen) atoms. The molecule has 6 heteroatoms. The van der Waals surface area contributed by atoms with Crippen molar-refractivity contribution in [1.82, 2.24) is 5.32 Å². The van der Waals surface area contributed by atoms with Gasteiger partial charge in [-0.05, 0) is 43.4 Å². The Morgan fingerprint density at radius 2 is 2.04 bits per heavy atom. The summed E-state index contributed by atoms with van der Waals surface area (Å²) in [5.41, 5.74) is 1.70. The second kappa shape index (κ2) is 8.33. The number of nitrogens with one attached hydrogen (secondary N) is 1. The van der Waals surface area contributed by atoms with E-state index in [0.29, 0.717) is 23.8 Å². The van der Waals surface area contributed by atoms with Gasteiger partial charge in [-0.25, -0.2) is 8.42 Å². The molecule has 5 nitrogen and oxygen atoms in total. The summed E-state index contributed by atoms with van der Waals surface area (Å²) in [6.07, 6.45) is 7.41. The fraction of sp³-hybridized carbons (Fsp3) is 0.500. The maximum absolute atomic E-state index is 12.3. The lowest BCUT2D eigenvalue weighted by Gasteiger charge is -2.15. The summed E-state index contributed by atoms with van der Waals surface area (Å²) < 4.78 is 27.7. The number of carbonyl (C=O) groups is 1. The van der Waals surface area contributed by atoms with Crippen LogP contribution in [-0.2, 0) is 9.84 Å². The van der Waals surface area contributed by atoms with E-state index in [1.165, 1.54) is 37.3 Å². The van der Waals surface area contributed by atoms with Crippen molar-refractivity contribution in [1.29, 1.82) is 0 Å². The molecular weight excluding hydrogens is 326 g/mol. The quantitative estimate of drug-likeness (QED) is 0.819. The summed E-state index contributed by atoms with van der Waals surface area (Å²) in [5.74, 6) is 0.875. The highest BCUT2D eigenvalue weighted by molar-refractivity contribution is 7.93. The van der Waals surface area contributed by atoms with Crippen molar-refractivity contribution < 1.29 is 17.9 Å². The first-order chi connectivity index (χ1) is 11.4. The van der Waals surface area contributed by atoms with Crippen LogP contribution in [0.5, 0.6) is 5.75 Å². The van der Waals surface area contributed by atoms with Gasteiger partial charge < -0.3 is 10.1 Å². The molecule has 0 bridgehead atoms. The molecule has 1 N–H and O–H groups in total. The smallest absolute Gasteiger partial charge is 0.255 e. The first-order valence-electron chi connectivity index (χ1n) is 8.32. The predicted molar refractivity (Wildman–Crippen MR) is 95.1 cm³/mol. The fourth-order valence-corrected chi connectivity index (χ4v) is 3.43. The van der Waals surface area contributed by atoms with Gasteiger partial charge in [0.15, 0.2) is 9.84 Å². The number of ether oxygens (including phenoxy) is 1. The van der Waals surface area contributed by atoms with Crippen molar-refractivity contribution in [3.63, 3.8) is 0 Å². The summed E-state index contributed by atoms with van der Waals surface area (Å²) in [6.45, 7) is 2.53. The first kappa shape index (κ1) is 18.5. The summed E-state index contributed by atoms with van der Waals surface area (Å²) in [5, 5.41) is 3.77. The van der Waals surface area contributed by atoms with Gasteiger partial charge in [0.2, 0.25) is 0 Å². The van der Waals surface area contributed by atoms with Gasteiger partial charge >= 0.3 is 0 Å². The number of rotatable bonds is 7. The van der Waals surface area contributed by atoms with E-state index in [1.54, 1.807) is 6.07 Å². The highest BCUT2D eigenvalue weighted by Gasteiger charge is 2.20. The Kier molecular flexibility index (Phi) is 6.43. The molecule has 0 spiro atoms. The summed E-state index contributed by atoms with van der Waals surface area (Å²) in [4.78, 5) is 12.3. The van der Waals surface area contributed by atoms with Crippen LogP contribution in [0.2, 0.25) is 0 Å². The van der Waals surface area contributed by atoms with Crippen LogP contribution in [0.25, 0.3) is 0 Å². The third kappa shape index (κ3) is 5.37. The average molecular weight is 351 g/mol. The second-order valence-corrected chi connectivity index (χ2v) is 8.01. The third-order valence-corrected chi connectivity index (χ3v) is 4.79. The normalized spacial score (nSPS) is 15.8. The molecule has 1 amide bonds. The fourth-order valence-electron chi connectivity index (χ4n) is 2.98. The summed E-state index contributed by atoms with van der Waals surface area (Å²) >= 11 is 0. The van der Waals surface area contributed by atoms with Crippen molar-refractivity contribution in [3.05, 3.63) is 40.8 Å². The lowest BCUT2D eigenvalue weighted by Crippen LogP contribution is -2.24. The van der Waals surface area contributed by atoms with Gasteiger partial charge in [0.25, 0.3) is 5.91 Å². The Balaban J connectivity index is 2.09. The zero-order valence-corrected chi connectivity index (χ0v) is 15.1. The molecule has 1 fully saturated rings. The number of benzene rings is 1. The van der Waals surface area contributed by atoms with Crippen LogP contribution in [0.3, 0.4) is 0 Å². The largest absolute Gasteiger partial charge is 0.493 e. The number of carbonyl (C=O) groups excluding carboxylic acids is 1. The molecule has 1 aromatic carbocycles. The lowest BCUT2D eigenvalue weighted by molar-refractivity contribution is 0.0954. The summed E-state index contributed by atoms with van der Waals surface area (Å²) in [7, 11) is -3.18. The van der Waals surface area contributed by atoms with E-state index < -0.39 is 9.84 Å². The Morgan fingerprint density at radius 3 is 2.67 bits per heavy atom. The van der Waals surface area contributed by atoms with E-state index in [0.717, 1.165) is 11.7 Å². The van der Waals surface area contributed by atoms with Gasteiger partial charge in [-0.3, -0.25) is 4.79 Å². The molecule has 132 valence electrons. The second-order valence-electron chi connectivity index (χ2n) is 6.08. The Hall–Kier alpha value is -1.82. The minimum absolute atomic E-state index is 0.155. The van der Waals surface area contributed by atoms with Gasteiger partial charge in [0.1, 0.15) is 5.75 Å². The van der Waals surface area contributed by atoms with Crippen molar-refractivity contribution >= 4 is 15.7 Å². The molecular formula is C18H25NO4S. The van der Waals surface area contributed by atoms with E-state index in [-0.39, 0.29) is 12.5 Å². The SMILES string of the molecule is CCOc1cc(C2CCCC2)ccc1C(=O)NC/C=C/S(C)(=O)=O. The topological polar surface area (TPSA) is 72.5 Å². The number of hydrogen-bond acceptors (Lipinski definition) is 4.